The van der Waals surface area contributed by atoms with Crippen molar-refractivity contribution >= 4 is 11.7 Å². The fraction of sp³-hybridized carbons (Fsp3) is 0.385. The third-order valence-corrected chi connectivity index (χ3v) is 3.05. The van der Waals surface area contributed by atoms with E-state index in [1.165, 1.54) is 10.5 Å². The number of amidine groups is 1. The molecule has 18 heavy (non-hydrogen) atoms. The van der Waals surface area contributed by atoms with E-state index in [9.17, 15) is 4.79 Å². The smallest absolute Gasteiger partial charge is 0.254 e. The van der Waals surface area contributed by atoms with E-state index in [2.05, 4.69) is 12.1 Å². The molecule has 0 spiro atoms. The van der Waals surface area contributed by atoms with Crippen molar-refractivity contribution in [3.05, 3.63) is 35.4 Å². The molecule has 1 aromatic rings. The molecule has 0 saturated heterocycles. The first-order valence-corrected chi connectivity index (χ1v) is 5.84. The standard InChI is InChI=1S/C13H19N3O2/c1-4-10-5-7-11(8-6-10)13(17)16(3)9(2)12(14)15-18/h5-9,18H,4H2,1-3H3,(H2,14,15). The first-order chi connectivity index (χ1) is 8.51. The van der Waals surface area contributed by atoms with Crippen LogP contribution in [0.1, 0.15) is 29.8 Å². The molecule has 0 fully saturated rings. The van der Waals surface area contributed by atoms with Crippen molar-refractivity contribution in [2.24, 2.45) is 10.9 Å². The maximum Gasteiger partial charge on any atom is 0.254 e. The molecule has 1 amide bonds. The average molecular weight is 249 g/mol. The maximum atomic E-state index is 12.1. The van der Waals surface area contributed by atoms with Gasteiger partial charge in [0.25, 0.3) is 5.91 Å². The summed E-state index contributed by atoms with van der Waals surface area (Å²) in [6.45, 7) is 3.76. The van der Waals surface area contributed by atoms with Gasteiger partial charge in [-0.2, -0.15) is 0 Å². The van der Waals surface area contributed by atoms with Crippen molar-refractivity contribution in [1.29, 1.82) is 0 Å². The molecule has 0 radical (unpaired) electrons. The van der Waals surface area contributed by atoms with Crippen molar-refractivity contribution in [3.63, 3.8) is 0 Å². The number of carbonyl (C=O) groups excluding carboxylic acids is 1. The highest BCUT2D eigenvalue weighted by Gasteiger charge is 2.20. The number of amides is 1. The molecule has 1 rings (SSSR count). The number of rotatable bonds is 4. The topological polar surface area (TPSA) is 78.9 Å². The second-order valence-electron chi connectivity index (χ2n) is 4.17. The lowest BCUT2D eigenvalue weighted by Crippen LogP contribution is -2.43. The molecule has 0 heterocycles. The lowest BCUT2D eigenvalue weighted by atomic mass is 10.1. The van der Waals surface area contributed by atoms with E-state index in [1.807, 2.05) is 12.1 Å². The Hall–Kier alpha value is -2.04. The molecule has 0 aliphatic rings. The number of carbonyl (C=O) groups is 1. The van der Waals surface area contributed by atoms with E-state index in [1.54, 1.807) is 26.1 Å². The first kappa shape index (κ1) is 14.0. The molecule has 0 bridgehead atoms. The number of benzene rings is 1. The summed E-state index contributed by atoms with van der Waals surface area (Å²) in [5.41, 5.74) is 7.25. The summed E-state index contributed by atoms with van der Waals surface area (Å²) in [5.74, 6) is -0.146. The Morgan fingerprint density at radius 3 is 2.44 bits per heavy atom. The minimum atomic E-state index is -0.451. The molecule has 1 atom stereocenters. The van der Waals surface area contributed by atoms with E-state index in [-0.39, 0.29) is 11.7 Å². The molecule has 0 saturated carbocycles. The Morgan fingerprint density at radius 2 is 2.00 bits per heavy atom. The van der Waals surface area contributed by atoms with Crippen LogP contribution in [-0.2, 0) is 6.42 Å². The average Bonchev–Trinajstić information content (AvgIpc) is 2.44. The molecule has 1 aromatic carbocycles. The van der Waals surface area contributed by atoms with Gasteiger partial charge in [0.05, 0.1) is 6.04 Å². The Kier molecular flexibility index (Phi) is 4.71. The normalized spacial score (nSPS) is 13.2. The SMILES string of the molecule is CCc1ccc(C(=O)N(C)C(C)C(N)=NO)cc1. The van der Waals surface area contributed by atoms with Gasteiger partial charge < -0.3 is 15.8 Å². The van der Waals surface area contributed by atoms with E-state index in [0.717, 1.165) is 6.42 Å². The van der Waals surface area contributed by atoms with Crippen LogP contribution in [0.25, 0.3) is 0 Å². The number of oxime groups is 1. The van der Waals surface area contributed by atoms with Crippen LogP contribution in [0.15, 0.2) is 29.4 Å². The highest BCUT2D eigenvalue weighted by atomic mass is 16.4. The van der Waals surface area contributed by atoms with Crippen LogP contribution >= 0.6 is 0 Å². The number of likely N-dealkylation sites (N-methyl/N-ethyl adjacent to an activating group) is 1. The summed E-state index contributed by atoms with van der Waals surface area (Å²) in [6, 6.07) is 6.98. The summed E-state index contributed by atoms with van der Waals surface area (Å²) in [5, 5.41) is 11.5. The molecular formula is C13H19N3O2. The van der Waals surface area contributed by atoms with Crippen LogP contribution < -0.4 is 5.73 Å². The Balaban J connectivity index is 2.86. The number of aryl methyl sites for hydroxylation is 1. The Morgan fingerprint density at radius 1 is 1.44 bits per heavy atom. The predicted octanol–water partition coefficient (Wildman–Crippen LogP) is 1.46. The van der Waals surface area contributed by atoms with E-state index in [0.29, 0.717) is 5.56 Å². The van der Waals surface area contributed by atoms with Crippen molar-refractivity contribution < 1.29 is 10.0 Å². The summed E-state index contributed by atoms with van der Waals surface area (Å²) < 4.78 is 0. The first-order valence-electron chi connectivity index (χ1n) is 5.84. The van der Waals surface area contributed by atoms with Gasteiger partial charge in [0.15, 0.2) is 5.84 Å². The maximum absolute atomic E-state index is 12.1. The molecule has 1 unspecified atom stereocenters. The molecule has 0 aliphatic heterocycles. The molecule has 5 heteroatoms. The van der Waals surface area contributed by atoms with Crippen LogP contribution in [0.4, 0.5) is 0 Å². The van der Waals surface area contributed by atoms with Crippen LogP contribution in [0.2, 0.25) is 0 Å². The Labute approximate surface area is 107 Å². The highest BCUT2D eigenvalue weighted by molar-refractivity contribution is 5.97. The zero-order valence-electron chi connectivity index (χ0n) is 10.9. The van der Waals surface area contributed by atoms with Crippen molar-refractivity contribution in [1.82, 2.24) is 4.90 Å². The van der Waals surface area contributed by atoms with Gasteiger partial charge in [-0.3, -0.25) is 4.79 Å². The van der Waals surface area contributed by atoms with Crippen LogP contribution in [0, 0.1) is 0 Å². The minimum absolute atomic E-state index is 0.0102. The summed E-state index contributed by atoms with van der Waals surface area (Å²) in [7, 11) is 1.62. The molecule has 98 valence electrons. The van der Waals surface area contributed by atoms with Crippen molar-refractivity contribution in [3.8, 4) is 0 Å². The lowest BCUT2D eigenvalue weighted by Gasteiger charge is -2.23. The second kappa shape index (κ2) is 6.05. The minimum Gasteiger partial charge on any atom is -0.409 e. The molecular weight excluding hydrogens is 230 g/mol. The third kappa shape index (κ3) is 3.00. The van der Waals surface area contributed by atoms with Gasteiger partial charge in [-0.15, -0.1) is 0 Å². The van der Waals surface area contributed by atoms with Crippen LogP contribution in [-0.4, -0.2) is 34.9 Å². The van der Waals surface area contributed by atoms with Gasteiger partial charge in [0.1, 0.15) is 0 Å². The second-order valence-corrected chi connectivity index (χ2v) is 4.17. The summed E-state index contributed by atoms with van der Waals surface area (Å²) in [4.78, 5) is 13.6. The number of nitrogens with two attached hydrogens (primary N) is 1. The molecule has 3 N–H and O–H groups in total. The van der Waals surface area contributed by atoms with Crippen LogP contribution in [0.5, 0.6) is 0 Å². The van der Waals surface area contributed by atoms with Gasteiger partial charge in [-0.05, 0) is 31.0 Å². The van der Waals surface area contributed by atoms with E-state index < -0.39 is 6.04 Å². The fourth-order valence-electron chi connectivity index (χ4n) is 1.54. The van der Waals surface area contributed by atoms with Gasteiger partial charge in [0, 0.05) is 12.6 Å². The van der Waals surface area contributed by atoms with E-state index >= 15 is 0 Å². The summed E-state index contributed by atoms with van der Waals surface area (Å²) >= 11 is 0. The molecule has 0 aliphatic carbocycles. The summed E-state index contributed by atoms with van der Waals surface area (Å²) in [6.07, 6.45) is 0.935. The monoisotopic (exact) mass is 249 g/mol. The number of nitrogens with zero attached hydrogens (tertiary/aromatic N) is 2. The zero-order valence-corrected chi connectivity index (χ0v) is 10.9. The third-order valence-electron chi connectivity index (χ3n) is 3.05. The highest BCUT2D eigenvalue weighted by Crippen LogP contribution is 2.09. The number of hydrogen-bond acceptors (Lipinski definition) is 3. The van der Waals surface area contributed by atoms with Gasteiger partial charge in [-0.1, -0.05) is 24.2 Å². The van der Waals surface area contributed by atoms with E-state index in [4.69, 9.17) is 10.9 Å². The van der Waals surface area contributed by atoms with Gasteiger partial charge in [0.2, 0.25) is 0 Å². The molecule has 0 aromatic heterocycles. The molecule has 5 nitrogen and oxygen atoms in total. The zero-order chi connectivity index (χ0) is 13.7. The largest absolute Gasteiger partial charge is 0.409 e. The van der Waals surface area contributed by atoms with Crippen molar-refractivity contribution in [2.45, 2.75) is 26.3 Å². The van der Waals surface area contributed by atoms with Crippen LogP contribution in [0.3, 0.4) is 0 Å². The fourth-order valence-corrected chi connectivity index (χ4v) is 1.54. The van der Waals surface area contributed by atoms with Gasteiger partial charge in [-0.25, -0.2) is 0 Å². The lowest BCUT2D eigenvalue weighted by molar-refractivity contribution is 0.0776. The predicted molar refractivity (Wildman–Crippen MR) is 70.8 cm³/mol. The van der Waals surface area contributed by atoms with Crippen molar-refractivity contribution in [2.75, 3.05) is 7.05 Å². The van der Waals surface area contributed by atoms with Gasteiger partial charge >= 0.3 is 0 Å². The quantitative estimate of drug-likeness (QED) is 0.367. The Bertz CT molecular complexity index is 440. The number of hydrogen-bond donors (Lipinski definition) is 2.